The molecule has 8 heteroatoms. The summed E-state index contributed by atoms with van der Waals surface area (Å²) in [7, 11) is 0. The van der Waals surface area contributed by atoms with Crippen LogP contribution in [0.3, 0.4) is 0 Å². The van der Waals surface area contributed by atoms with Gasteiger partial charge in [-0.15, -0.1) is 0 Å². The van der Waals surface area contributed by atoms with Gasteiger partial charge >= 0.3 is 0 Å². The molecule has 180 valence electrons. The van der Waals surface area contributed by atoms with E-state index in [1.807, 2.05) is 30.3 Å². The molecule has 4 rings (SSSR count). The molecule has 34 heavy (non-hydrogen) atoms. The van der Waals surface area contributed by atoms with Gasteiger partial charge in [0.1, 0.15) is 11.6 Å². The van der Waals surface area contributed by atoms with E-state index in [0.717, 1.165) is 23.8 Å². The molecule has 2 heterocycles. The van der Waals surface area contributed by atoms with E-state index in [9.17, 15) is 18.4 Å². The van der Waals surface area contributed by atoms with E-state index in [-0.39, 0.29) is 18.0 Å². The average molecular weight is 469 g/mol. The third-order valence-electron chi connectivity index (χ3n) is 6.73. The normalized spacial score (nSPS) is 19.7. The van der Waals surface area contributed by atoms with Crippen molar-refractivity contribution in [2.75, 3.05) is 32.7 Å². The molecule has 0 aliphatic carbocycles. The molecule has 0 aromatic heterocycles. The second-order valence-corrected chi connectivity index (χ2v) is 9.38. The van der Waals surface area contributed by atoms with Gasteiger partial charge in [-0.25, -0.2) is 8.78 Å². The minimum absolute atomic E-state index is 0.0599. The van der Waals surface area contributed by atoms with Crippen LogP contribution in [0.25, 0.3) is 5.57 Å². The standard InChI is InChI=1S/C26H30F2N4O2/c1-26(2,25(34)31-12-10-30-11-13-31)23(29)24(33)32-16-18(20-15-19(27)8-9-21(20)28)14-22(32)17-6-4-3-5-7-17/h3-9,14-15,22-23,30H,10-13,16,29H2,1-2H3/t22-,23?/m0/s1. The maximum atomic E-state index is 14.5. The Kier molecular flexibility index (Phi) is 6.81. The van der Waals surface area contributed by atoms with Gasteiger partial charge in [0.25, 0.3) is 0 Å². The lowest BCUT2D eigenvalue weighted by Crippen LogP contribution is -2.59. The summed E-state index contributed by atoms with van der Waals surface area (Å²) in [5.41, 5.74) is 6.74. The van der Waals surface area contributed by atoms with Crippen LogP contribution in [0.2, 0.25) is 0 Å². The summed E-state index contributed by atoms with van der Waals surface area (Å²) < 4.78 is 28.4. The van der Waals surface area contributed by atoms with Gasteiger partial charge in [0.15, 0.2) is 0 Å². The Morgan fingerprint density at radius 3 is 2.44 bits per heavy atom. The second-order valence-electron chi connectivity index (χ2n) is 9.38. The molecule has 0 spiro atoms. The maximum absolute atomic E-state index is 14.5. The van der Waals surface area contributed by atoms with Crippen LogP contribution >= 0.6 is 0 Å². The molecule has 6 nitrogen and oxygen atoms in total. The molecule has 2 aromatic carbocycles. The quantitative estimate of drug-likeness (QED) is 0.708. The first-order valence-corrected chi connectivity index (χ1v) is 11.5. The zero-order chi connectivity index (χ0) is 24.5. The molecule has 3 N–H and O–H groups in total. The van der Waals surface area contributed by atoms with Crippen LogP contribution in [-0.2, 0) is 9.59 Å². The maximum Gasteiger partial charge on any atom is 0.241 e. The Labute approximate surface area is 198 Å². The lowest BCUT2D eigenvalue weighted by molar-refractivity contribution is -0.148. The molecular weight excluding hydrogens is 438 g/mol. The summed E-state index contributed by atoms with van der Waals surface area (Å²) in [4.78, 5) is 30.2. The predicted octanol–water partition coefficient (Wildman–Crippen LogP) is 2.72. The third kappa shape index (κ3) is 4.60. The van der Waals surface area contributed by atoms with Crippen molar-refractivity contribution < 1.29 is 18.4 Å². The van der Waals surface area contributed by atoms with Gasteiger partial charge < -0.3 is 20.9 Å². The molecule has 0 saturated carbocycles. The molecule has 2 atom stereocenters. The largest absolute Gasteiger partial charge is 0.340 e. The van der Waals surface area contributed by atoms with Crippen LogP contribution in [0.1, 0.15) is 31.0 Å². The first kappa shape index (κ1) is 24.0. The first-order valence-electron chi connectivity index (χ1n) is 11.5. The lowest BCUT2D eigenvalue weighted by Gasteiger charge is -2.39. The highest BCUT2D eigenvalue weighted by molar-refractivity contribution is 5.94. The molecule has 2 aliphatic rings. The van der Waals surface area contributed by atoms with Crippen molar-refractivity contribution in [3.8, 4) is 0 Å². The SMILES string of the molecule is CC(C)(C(=O)N1CCNCC1)C(N)C(=O)N1CC(c2cc(F)ccc2F)=C[C@H]1c1ccccc1. The number of nitrogens with two attached hydrogens (primary N) is 1. The Morgan fingerprint density at radius 1 is 1.09 bits per heavy atom. The van der Waals surface area contributed by atoms with Gasteiger partial charge in [-0.2, -0.15) is 0 Å². The molecule has 2 aliphatic heterocycles. The Bertz CT molecular complexity index is 1100. The fraction of sp³-hybridized carbons (Fsp3) is 0.385. The fourth-order valence-electron chi connectivity index (χ4n) is 4.57. The Morgan fingerprint density at radius 2 is 1.76 bits per heavy atom. The van der Waals surface area contributed by atoms with Gasteiger partial charge in [0.05, 0.1) is 17.5 Å². The number of benzene rings is 2. The monoisotopic (exact) mass is 468 g/mol. The molecule has 2 amide bonds. The van der Waals surface area contributed by atoms with E-state index in [2.05, 4.69) is 5.32 Å². The molecule has 2 aromatic rings. The Balaban J connectivity index is 1.64. The van der Waals surface area contributed by atoms with E-state index in [4.69, 9.17) is 5.73 Å². The van der Waals surface area contributed by atoms with E-state index in [1.54, 1.807) is 29.7 Å². The van der Waals surface area contributed by atoms with Crippen LogP contribution in [0, 0.1) is 17.0 Å². The van der Waals surface area contributed by atoms with Crippen LogP contribution in [-0.4, -0.2) is 60.4 Å². The minimum atomic E-state index is -1.14. The molecule has 0 bridgehead atoms. The van der Waals surface area contributed by atoms with Crippen molar-refractivity contribution in [2.24, 2.45) is 11.1 Å². The summed E-state index contributed by atoms with van der Waals surface area (Å²) in [5, 5.41) is 3.21. The van der Waals surface area contributed by atoms with Gasteiger partial charge in [-0.05, 0) is 43.2 Å². The average Bonchev–Trinajstić information content (AvgIpc) is 3.30. The number of nitrogens with one attached hydrogen (secondary N) is 1. The number of halogens is 2. The zero-order valence-electron chi connectivity index (χ0n) is 19.4. The lowest BCUT2D eigenvalue weighted by atomic mass is 9.82. The topological polar surface area (TPSA) is 78.7 Å². The van der Waals surface area contributed by atoms with Gasteiger partial charge in [-0.3, -0.25) is 9.59 Å². The zero-order valence-corrected chi connectivity index (χ0v) is 19.4. The number of carbonyl (C=O) groups excluding carboxylic acids is 2. The summed E-state index contributed by atoms with van der Waals surface area (Å²) in [6, 6.07) is 11.0. The van der Waals surface area contributed by atoms with Crippen molar-refractivity contribution in [1.29, 1.82) is 0 Å². The van der Waals surface area contributed by atoms with E-state index in [1.165, 1.54) is 0 Å². The summed E-state index contributed by atoms with van der Waals surface area (Å²) in [6.45, 7) is 5.94. The fourth-order valence-corrected chi connectivity index (χ4v) is 4.57. The molecule has 1 fully saturated rings. The second kappa shape index (κ2) is 9.64. The number of amides is 2. The predicted molar refractivity (Wildman–Crippen MR) is 126 cm³/mol. The molecule has 1 unspecified atom stereocenters. The molecule has 0 radical (unpaired) electrons. The van der Waals surface area contributed by atoms with Crippen molar-refractivity contribution in [1.82, 2.24) is 15.1 Å². The van der Waals surface area contributed by atoms with Gasteiger partial charge in [-0.1, -0.05) is 36.4 Å². The van der Waals surface area contributed by atoms with E-state index >= 15 is 0 Å². The van der Waals surface area contributed by atoms with E-state index < -0.39 is 35.0 Å². The summed E-state index contributed by atoms with van der Waals surface area (Å²) in [6.07, 6.45) is 1.77. The number of hydrogen-bond acceptors (Lipinski definition) is 4. The third-order valence-corrected chi connectivity index (χ3v) is 6.73. The van der Waals surface area contributed by atoms with Gasteiger partial charge in [0.2, 0.25) is 11.8 Å². The van der Waals surface area contributed by atoms with E-state index in [0.29, 0.717) is 31.8 Å². The highest BCUT2D eigenvalue weighted by Gasteiger charge is 2.45. The Hall–Kier alpha value is -3.10. The van der Waals surface area contributed by atoms with Crippen molar-refractivity contribution in [3.63, 3.8) is 0 Å². The number of nitrogens with zero attached hydrogens (tertiary/aromatic N) is 2. The van der Waals surface area contributed by atoms with Gasteiger partial charge in [0, 0.05) is 38.3 Å². The number of hydrogen-bond donors (Lipinski definition) is 2. The highest BCUT2D eigenvalue weighted by atomic mass is 19.1. The first-order chi connectivity index (χ1) is 16.2. The minimum Gasteiger partial charge on any atom is -0.340 e. The summed E-state index contributed by atoms with van der Waals surface area (Å²) in [5.74, 6) is -1.70. The number of rotatable bonds is 5. The smallest absolute Gasteiger partial charge is 0.241 e. The van der Waals surface area contributed by atoms with Crippen molar-refractivity contribution in [3.05, 3.63) is 77.4 Å². The number of carbonyl (C=O) groups is 2. The summed E-state index contributed by atoms with van der Waals surface area (Å²) >= 11 is 0. The van der Waals surface area contributed by atoms with Crippen molar-refractivity contribution in [2.45, 2.75) is 25.9 Å². The van der Waals surface area contributed by atoms with Crippen LogP contribution in [0.5, 0.6) is 0 Å². The van der Waals surface area contributed by atoms with Crippen LogP contribution in [0.4, 0.5) is 8.78 Å². The van der Waals surface area contributed by atoms with Crippen molar-refractivity contribution >= 4 is 17.4 Å². The van der Waals surface area contributed by atoms with Crippen LogP contribution < -0.4 is 11.1 Å². The molecular formula is C26H30F2N4O2. The highest BCUT2D eigenvalue weighted by Crippen LogP contribution is 2.37. The number of piperazine rings is 1. The van der Waals surface area contributed by atoms with Crippen LogP contribution in [0.15, 0.2) is 54.6 Å². The molecule has 1 saturated heterocycles.